The van der Waals surface area contributed by atoms with Gasteiger partial charge in [0.2, 0.25) is 5.91 Å². The summed E-state index contributed by atoms with van der Waals surface area (Å²) in [5.74, 6) is 1.12. The lowest BCUT2D eigenvalue weighted by Gasteiger charge is -2.10. The quantitative estimate of drug-likeness (QED) is 0.673. The van der Waals surface area contributed by atoms with Crippen molar-refractivity contribution in [2.45, 2.75) is 13.0 Å². The molecule has 0 spiro atoms. The smallest absolute Gasteiger partial charge is 0.224 e. The van der Waals surface area contributed by atoms with Crippen LogP contribution in [-0.2, 0) is 11.3 Å². The highest BCUT2D eigenvalue weighted by Gasteiger charge is 2.21. The molecule has 1 atom stereocenters. The second-order valence-corrected chi connectivity index (χ2v) is 6.21. The van der Waals surface area contributed by atoms with Crippen molar-refractivity contribution in [1.82, 2.24) is 20.6 Å². The summed E-state index contributed by atoms with van der Waals surface area (Å²) in [6, 6.07) is 16.2. The number of carbonyl (C=O) groups is 1. The zero-order valence-corrected chi connectivity index (χ0v) is 14.6. The van der Waals surface area contributed by atoms with Gasteiger partial charge in [0.25, 0.3) is 0 Å². The molecule has 1 fully saturated rings. The molecule has 0 radical (unpaired) electrons. The van der Waals surface area contributed by atoms with Crippen LogP contribution in [0.5, 0.6) is 0 Å². The molecule has 1 aromatic heterocycles. The van der Waals surface area contributed by atoms with E-state index in [4.69, 9.17) is 0 Å². The van der Waals surface area contributed by atoms with Crippen LogP contribution in [0.15, 0.2) is 48.5 Å². The summed E-state index contributed by atoms with van der Waals surface area (Å²) in [5.41, 5.74) is 4.14. The van der Waals surface area contributed by atoms with Gasteiger partial charge in [-0.1, -0.05) is 36.4 Å². The second-order valence-electron chi connectivity index (χ2n) is 6.21. The van der Waals surface area contributed by atoms with E-state index in [1.165, 1.54) is 0 Å². The minimum atomic E-state index is 0. The Hall–Kier alpha value is -2.37. The lowest BCUT2D eigenvalue weighted by molar-refractivity contribution is -0.124. The minimum Gasteiger partial charge on any atom is -0.352 e. The fraction of sp³-hybridized carbons (Fsp3) is 0.263. The van der Waals surface area contributed by atoms with Crippen LogP contribution in [0.1, 0.15) is 12.0 Å². The maximum atomic E-state index is 12.0. The number of benzene rings is 2. The van der Waals surface area contributed by atoms with Crippen LogP contribution in [0, 0.1) is 5.92 Å². The van der Waals surface area contributed by atoms with E-state index < -0.39 is 0 Å². The Balaban J connectivity index is 0.00000182. The number of rotatable bonds is 4. The molecule has 1 aliphatic heterocycles. The van der Waals surface area contributed by atoms with E-state index in [1.54, 1.807) is 0 Å². The van der Waals surface area contributed by atoms with Crippen molar-refractivity contribution in [3.8, 4) is 11.4 Å². The van der Waals surface area contributed by atoms with Crippen LogP contribution in [-0.4, -0.2) is 29.0 Å². The number of nitrogens with zero attached hydrogens (tertiary/aromatic N) is 1. The summed E-state index contributed by atoms with van der Waals surface area (Å²) < 4.78 is 0. The van der Waals surface area contributed by atoms with E-state index in [9.17, 15) is 4.79 Å². The topological polar surface area (TPSA) is 69.8 Å². The first-order chi connectivity index (χ1) is 11.8. The summed E-state index contributed by atoms with van der Waals surface area (Å²) in [6.45, 7) is 2.29. The molecule has 6 heteroatoms. The van der Waals surface area contributed by atoms with Crippen molar-refractivity contribution >= 4 is 29.3 Å². The number of aromatic amines is 1. The number of amides is 1. The Morgan fingerprint density at radius 3 is 2.68 bits per heavy atom. The number of aromatic nitrogens is 2. The van der Waals surface area contributed by atoms with Gasteiger partial charge in [0.05, 0.1) is 17.0 Å². The lowest BCUT2D eigenvalue weighted by Crippen LogP contribution is -2.31. The number of carbonyl (C=O) groups excluding carboxylic acids is 1. The molecule has 0 bridgehead atoms. The normalized spacial score (nSPS) is 16.6. The molecular weight excluding hydrogens is 336 g/mol. The van der Waals surface area contributed by atoms with Crippen molar-refractivity contribution in [2.75, 3.05) is 13.1 Å². The number of nitrogens with one attached hydrogen (secondary N) is 3. The van der Waals surface area contributed by atoms with Crippen LogP contribution in [0.25, 0.3) is 22.4 Å². The fourth-order valence-electron chi connectivity index (χ4n) is 3.08. The number of imidazole rings is 1. The average Bonchev–Trinajstić information content (AvgIpc) is 3.29. The highest BCUT2D eigenvalue weighted by atomic mass is 35.5. The molecule has 3 aromatic rings. The van der Waals surface area contributed by atoms with Crippen LogP contribution in [0.4, 0.5) is 0 Å². The SMILES string of the molecule is Cl.O=C(NCc1ccc(-c2nc3ccccc3[nH]2)cc1)C1CCNC1. The third-order valence-corrected chi connectivity index (χ3v) is 4.51. The molecule has 1 aliphatic rings. The predicted molar refractivity (Wildman–Crippen MR) is 102 cm³/mol. The Morgan fingerprint density at radius 1 is 1.16 bits per heavy atom. The van der Waals surface area contributed by atoms with Gasteiger partial charge in [-0.2, -0.15) is 0 Å². The third-order valence-electron chi connectivity index (χ3n) is 4.51. The molecule has 2 heterocycles. The van der Waals surface area contributed by atoms with Crippen LogP contribution in [0.2, 0.25) is 0 Å². The van der Waals surface area contributed by atoms with Crippen molar-refractivity contribution in [3.05, 3.63) is 54.1 Å². The Labute approximate surface area is 152 Å². The molecule has 2 aromatic carbocycles. The van der Waals surface area contributed by atoms with Gasteiger partial charge in [0.15, 0.2) is 0 Å². The van der Waals surface area contributed by atoms with Crippen LogP contribution >= 0.6 is 12.4 Å². The Kier molecular flexibility index (Phi) is 5.36. The van der Waals surface area contributed by atoms with E-state index in [1.807, 2.05) is 48.5 Å². The van der Waals surface area contributed by atoms with Crippen LogP contribution < -0.4 is 10.6 Å². The first-order valence-corrected chi connectivity index (χ1v) is 8.32. The molecule has 3 N–H and O–H groups in total. The molecule has 1 saturated heterocycles. The number of fused-ring (bicyclic) bond motifs is 1. The van der Waals surface area contributed by atoms with Gasteiger partial charge in [-0.05, 0) is 30.7 Å². The number of H-pyrrole nitrogens is 1. The molecule has 4 rings (SSSR count). The van der Waals surface area contributed by atoms with Crippen molar-refractivity contribution < 1.29 is 4.79 Å². The Morgan fingerprint density at radius 2 is 1.96 bits per heavy atom. The number of hydrogen-bond donors (Lipinski definition) is 3. The van der Waals surface area contributed by atoms with Crippen LogP contribution in [0.3, 0.4) is 0 Å². The molecule has 0 saturated carbocycles. The predicted octanol–water partition coefficient (Wildman–Crippen LogP) is 2.88. The average molecular weight is 357 g/mol. The first kappa shape index (κ1) is 17.5. The molecule has 130 valence electrons. The lowest BCUT2D eigenvalue weighted by atomic mass is 10.1. The molecule has 25 heavy (non-hydrogen) atoms. The zero-order valence-electron chi connectivity index (χ0n) is 13.8. The highest BCUT2D eigenvalue weighted by molar-refractivity contribution is 5.85. The maximum Gasteiger partial charge on any atom is 0.224 e. The van der Waals surface area contributed by atoms with Gasteiger partial charge in [0.1, 0.15) is 5.82 Å². The number of halogens is 1. The summed E-state index contributed by atoms with van der Waals surface area (Å²) in [4.78, 5) is 20.0. The monoisotopic (exact) mass is 356 g/mol. The summed E-state index contributed by atoms with van der Waals surface area (Å²) in [7, 11) is 0. The van der Waals surface area contributed by atoms with E-state index in [2.05, 4.69) is 20.6 Å². The summed E-state index contributed by atoms with van der Waals surface area (Å²) in [6.07, 6.45) is 0.927. The molecule has 1 unspecified atom stereocenters. The van der Waals surface area contributed by atoms with Gasteiger partial charge < -0.3 is 15.6 Å². The van der Waals surface area contributed by atoms with E-state index in [0.717, 1.165) is 47.5 Å². The van der Waals surface area contributed by atoms with Gasteiger partial charge in [0, 0.05) is 18.7 Å². The standard InChI is InChI=1S/C19H20N4O.ClH/c24-19(15-9-10-20-12-15)21-11-13-5-7-14(8-6-13)18-22-16-3-1-2-4-17(16)23-18;/h1-8,15,20H,9-12H2,(H,21,24)(H,22,23);1H. The highest BCUT2D eigenvalue weighted by Crippen LogP contribution is 2.20. The zero-order chi connectivity index (χ0) is 16.4. The van der Waals surface area contributed by atoms with Crippen molar-refractivity contribution in [3.63, 3.8) is 0 Å². The largest absolute Gasteiger partial charge is 0.352 e. The van der Waals surface area contributed by atoms with Crippen molar-refractivity contribution in [1.29, 1.82) is 0 Å². The molecule has 1 amide bonds. The maximum absolute atomic E-state index is 12.0. The molecule has 5 nitrogen and oxygen atoms in total. The first-order valence-electron chi connectivity index (χ1n) is 8.32. The Bertz CT molecular complexity index is 820. The van der Waals surface area contributed by atoms with E-state index in [0.29, 0.717) is 6.54 Å². The number of para-hydroxylation sites is 2. The minimum absolute atomic E-state index is 0. The molecule has 0 aliphatic carbocycles. The third kappa shape index (κ3) is 3.83. The fourth-order valence-corrected chi connectivity index (χ4v) is 3.08. The van der Waals surface area contributed by atoms with Gasteiger partial charge in [-0.15, -0.1) is 12.4 Å². The van der Waals surface area contributed by atoms with Crippen molar-refractivity contribution in [2.24, 2.45) is 5.92 Å². The van der Waals surface area contributed by atoms with E-state index in [-0.39, 0.29) is 24.2 Å². The van der Waals surface area contributed by atoms with Gasteiger partial charge >= 0.3 is 0 Å². The number of hydrogen-bond acceptors (Lipinski definition) is 3. The van der Waals surface area contributed by atoms with Gasteiger partial charge in [-0.25, -0.2) is 4.98 Å². The second kappa shape index (κ2) is 7.68. The molecular formula is C19H21ClN4O. The summed E-state index contributed by atoms with van der Waals surface area (Å²) >= 11 is 0. The van der Waals surface area contributed by atoms with E-state index >= 15 is 0 Å². The van der Waals surface area contributed by atoms with Gasteiger partial charge in [-0.3, -0.25) is 4.79 Å². The summed E-state index contributed by atoms with van der Waals surface area (Å²) in [5, 5.41) is 6.24.